The number of anilines is 1. The van der Waals surface area contributed by atoms with E-state index in [1.165, 1.54) is 0 Å². The Kier molecular flexibility index (Phi) is 4.79. The average molecular weight is 349 g/mol. The van der Waals surface area contributed by atoms with Gasteiger partial charge in [0.1, 0.15) is 0 Å². The summed E-state index contributed by atoms with van der Waals surface area (Å²) in [6, 6.07) is 13.4. The summed E-state index contributed by atoms with van der Waals surface area (Å²) in [6.45, 7) is 4.89. The first kappa shape index (κ1) is 16.2. The first-order valence-corrected chi connectivity index (χ1v) is 8.36. The zero-order chi connectivity index (χ0) is 16.4. The van der Waals surface area contributed by atoms with Gasteiger partial charge in [-0.1, -0.05) is 35.3 Å². The number of amides is 1. The molecule has 0 bridgehead atoms. The van der Waals surface area contributed by atoms with Crippen LogP contribution in [0.2, 0.25) is 10.0 Å². The molecule has 1 fully saturated rings. The van der Waals surface area contributed by atoms with Gasteiger partial charge < -0.3 is 9.80 Å². The maximum Gasteiger partial charge on any atom is 0.255 e. The number of halogens is 2. The van der Waals surface area contributed by atoms with E-state index in [2.05, 4.69) is 4.90 Å². The molecule has 0 atom stereocenters. The monoisotopic (exact) mass is 348 g/mol. The Balaban J connectivity index is 1.68. The zero-order valence-electron chi connectivity index (χ0n) is 12.9. The molecule has 2 aromatic carbocycles. The summed E-state index contributed by atoms with van der Waals surface area (Å²) in [4.78, 5) is 16.7. The Bertz CT molecular complexity index is 725. The minimum atomic E-state index is 0.000689. The number of aryl methyl sites for hydroxylation is 1. The van der Waals surface area contributed by atoms with Gasteiger partial charge in [0.2, 0.25) is 0 Å². The molecule has 0 N–H and O–H groups in total. The van der Waals surface area contributed by atoms with Gasteiger partial charge in [-0.2, -0.15) is 0 Å². The van der Waals surface area contributed by atoms with Crippen LogP contribution in [0.1, 0.15) is 15.9 Å². The fraction of sp³-hybridized carbons (Fsp3) is 0.278. The predicted molar refractivity (Wildman–Crippen MR) is 95.8 cm³/mol. The number of hydrogen-bond donors (Lipinski definition) is 0. The Morgan fingerprint density at radius 2 is 1.74 bits per heavy atom. The molecule has 0 unspecified atom stereocenters. The number of hydrogen-bond acceptors (Lipinski definition) is 2. The van der Waals surface area contributed by atoms with Crippen molar-refractivity contribution in [2.45, 2.75) is 6.92 Å². The zero-order valence-corrected chi connectivity index (χ0v) is 14.4. The van der Waals surface area contributed by atoms with E-state index in [0.717, 1.165) is 29.4 Å². The molecule has 23 heavy (non-hydrogen) atoms. The summed E-state index contributed by atoms with van der Waals surface area (Å²) in [5.41, 5.74) is 2.73. The van der Waals surface area contributed by atoms with Crippen LogP contribution < -0.4 is 4.90 Å². The van der Waals surface area contributed by atoms with Crippen molar-refractivity contribution in [3.8, 4) is 0 Å². The van der Waals surface area contributed by atoms with Crippen molar-refractivity contribution >= 4 is 34.8 Å². The minimum absolute atomic E-state index is 0.000689. The normalized spacial score (nSPS) is 14.9. The molecule has 3 nitrogen and oxygen atoms in total. The van der Waals surface area contributed by atoms with Crippen LogP contribution in [0.15, 0.2) is 42.5 Å². The highest BCUT2D eigenvalue weighted by Gasteiger charge is 2.23. The third kappa shape index (κ3) is 3.62. The summed E-state index contributed by atoms with van der Waals surface area (Å²) in [5, 5.41) is 1.25. The molecule has 1 aliphatic rings. The van der Waals surface area contributed by atoms with Crippen molar-refractivity contribution in [1.29, 1.82) is 0 Å². The van der Waals surface area contributed by atoms with Crippen molar-refractivity contribution in [3.63, 3.8) is 0 Å². The first-order chi connectivity index (χ1) is 11.0. The van der Waals surface area contributed by atoms with Crippen molar-refractivity contribution in [1.82, 2.24) is 4.90 Å². The number of piperazine rings is 1. The average Bonchev–Trinajstić information content (AvgIpc) is 2.54. The molecule has 0 spiro atoms. The van der Waals surface area contributed by atoms with Crippen LogP contribution in [0.3, 0.4) is 0 Å². The van der Waals surface area contributed by atoms with Gasteiger partial charge in [-0.15, -0.1) is 0 Å². The number of benzene rings is 2. The van der Waals surface area contributed by atoms with Gasteiger partial charge in [0, 0.05) is 36.9 Å². The SMILES string of the molecule is Cc1ccc(C(=O)N2CCN(c3cccc(Cl)c3)CC2)c(Cl)c1. The van der Waals surface area contributed by atoms with E-state index in [1.54, 1.807) is 0 Å². The molecule has 3 rings (SSSR count). The van der Waals surface area contributed by atoms with E-state index in [4.69, 9.17) is 23.2 Å². The Morgan fingerprint density at radius 1 is 1.00 bits per heavy atom. The molecule has 120 valence electrons. The maximum absolute atomic E-state index is 12.6. The Labute approximate surface area is 146 Å². The van der Waals surface area contributed by atoms with Gasteiger partial charge in [0.05, 0.1) is 10.6 Å². The quantitative estimate of drug-likeness (QED) is 0.809. The third-order valence-corrected chi connectivity index (χ3v) is 4.64. The fourth-order valence-electron chi connectivity index (χ4n) is 2.80. The van der Waals surface area contributed by atoms with Gasteiger partial charge in [-0.05, 0) is 42.8 Å². The van der Waals surface area contributed by atoms with Crippen LogP contribution in [0, 0.1) is 6.92 Å². The summed E-state index contributed by atoms with van der Waals surface area (Å²) in [7, 11) is 0. The molecule has 0 aliphatic carbocycles. The lowest BCUT2D eigenvalue weighted by atomic mass is 10.1. The van der Waals surface area contributed by atoms with E-state index < -0.39 is 0 Å². The third-order valence-electron chi connectivity index (χ3n) is 4.10. The lowest BCUT2D eigenvalue weighted by molar-refractivity contribution is 0.0747. The summed E-state index contributed by atoms with van der Waals surface area (Å²) in [6.07, 6.45) is 0. The lowest BCUT2D eigenvalue weighted by Crippen LogP contribution is -2.48. The van der Waals surface area contributed by atoms with E-state index in [-0.39, 0.29) is 5.91 Å². The molecule has 0 saturated carbocycles. The number of carbonyl (C=O) groups excluding carboxylic acids is 1. The van der Waals surface area contributed by atoms with Gasteiger partial charge in [0.25, 0.3) is 5.91 Å². The smallest absolute Gasteiger partial charge is 0.255 e. The highest BCUT2D eigenvalue weighted by molar-refractivity contribution is 6.33. The predicted octanol–water partition coefficient (Wildman–Crippen LogP) is 4.26. The van der Waals surface area contributed by atoms with Gasteiger partial charge >= 0.3 is 0 Å². The molecule has 0 aromatic heterocycles. The van der Waals surface area contributed by atoms with Crippen LogP contribution in [0.25, 0.3) is 0 Å². The fourth-order valence-corrected chi connectivity index (χ4v) is 3.30. The van der Waals surface area contributed by atoms with Crippen LogP contribution in [0.4, 0.5) is 5.69 Å². The van der Waals surface area contributed by atoms with E-state index in [0.29, 0.717) is 23.7 Å². The van der Waals surface area contributed by atoms with Crippen LogP contribution >= 0.6 is 23.2 Å². The largest absolute Gasteiger partial charge is 0.368 e. The second kappa shape index (κ2) is 6.81. The van der Waals surface area contributed by atoms with Crippen LogP contribution in [0.5, 0.6) is 0 Å². The highest BCUT2D eigenvalue weighted by Crippen LogP contribution is 2.23. The molecule has 1 heterocycles. The van der Waals surface area contributed by atoms with Gasteiger partial charge in [-0.3, -0.25) is 4.79 Å². The molecule has 1 saturated heterocycles. The molecule has 1 aliphatic heterocycles. The summed E-state index contributed by atoms with van der Waals surface area (Å²) >= 11 is 12.3. The second-order valence-corrected chi connectivity index (χ2v) is 6.59. The van der Waals surface area contributed by atoms with Crippen molar-refractivity contribution in [3.05, 3.63) is 63.6 Å². The topological polar surface area (TPSA) is 23.6 Å². The standard InChI is InChI=1S/C18H18Cl2N2O/c1-13-5-6-16(17(20)11-13)18(23)22-9-7-21(8-10-22)15-4-2-3-14(19)12-15/h2-6,11-12H,7-10H2,1H3. The number of carbonyl (C=O) groups is 1. The van der Waals surface area contributed by atoms with E-state index >= 15 is 0 Å². The van der Waals surface area contributed by atoms with E-state index in [9.17, 15) is 4.79 Å². The van der Waals surface area contributed by atoms with Crippen LogP contribution in [-0.4, -0.2) is 37.0 Å². The lowest BCUT2D eigenvalue weighted by Gasteiger charge is -2.36. The minimum Gasteiger partial charge on any atom is -0.368 e. The van der Waals surface area contributed by atoms with Gasteiger partial charge in [-0.25, -0.2) is 0 Å². The highest BCUT2D eigenvalue weighted by atomic mass is 35.5. The Morgan fingerprint density at radius 3 is 2.39 bits per heavy atom. The molecular weight excluding hydrogens is 331 g/mol. The molecule has 1 amide bonds. The summed E-state index contributed by atoms with van der Waals surface area (Å²) in [5.74, 6) is 0.000689. The second-order valence-electron chi connectivity index (χ2n) is 5.74. The number of nitrogens with zero attached hydrogens (tertiary/aromatic N) is 2. The first-order valence-electron chi connectivity index (χ1n) is 7.60. The van der Waals surface area contributed by atoms with Crippen molar-refractivity contribution < 1.29 is 4.79 Å². The van der Waals surface area contributed by atoms with Gasteiger partial charge in [0.15, 0.2) is 0 Å². The van der Waals surface area contributed by atoms with Crippen LogP contribution in [-0.2, 0) is 0 Å². The van der Waals surface area contributed by atoms with E-state index in [1.807, 2.05) is 54.3 Å². The van der Waals surface area contributed by atoms with Crippen molar-refractivity contribution in [2.24, 2.45) is 0 Å². The molecule has 2 aromatic rings. The molecule has 5 heteroatoms. The van der Waals surface area contributed by atoms with Crippen molar-refractivity contribution in [2.75, 3.05) is 31.1 Å². The maximum atomic E-state index is 12.6. The Hall–Kier alpha value is -1.71. The summed E-state index contributed by atoms with van der Waals surface area (Å²) < 4.78 is 0. The molecular formula is C18H18Cl2N2O. The molecule has 0 radical (unpaired) electrons. The number of rotatable bonds is 2.